The van der Waals surface area contributed by atoms with Gasteiger partial charge in [0.05, 0.1) is 17.8 Å². The lowest BCUT2D eigenvalue weighted by atomic mass is 10.1. The van der Waals surface area contributed by atoms with Crippen molar-refractivity contribution in [1.82, 2.24) is 15.1 Å². The van der Waals surface area contributed by atoms with Crippen molar-refractivity contribution in [3.63, 3.8) is 0 Å². The number of hydrogen-bond acceptors (Lipinski definition) is 3. The molecule has 5 nitrogen and oxygen atoms in total. The molecular formula is C20H22N4O. The van der Waals surface area contributed by atoms with Gasteiger partial charge in [-0.2, -0.15) is 5.10 Å². The molecule has 1 atom stereocenters. The van der Waals surface area contributed by atoms with E-state index < -0.39 is 0 Å². The fourth-order valence-corrected chi connectivity index (χ4v) is 3.53. The van der Waals surface area contributed by atoms with Gasteiger partial charge >= 0.3 is 0 Å². The van der Waals surface area contributed by atoms with Gasteiger partial charge in [0, 0.05) is 24.5 Å². The zero-order chi connectivity index (χ0) is 17.6. The normalized spacial score (nSPS) is 15.9. The monoisotopic (exact) mass is 334 g/mol. The van der Waals surface area contributed by atoms with E-state index in [-0.39, 0.29) is 11.9 Å². The minimum Gasteiger partial charge on any atom is -0.373 e. The van der Waals surface area contributed by atoms with Crippen molar-refractivity contribution in [3.8, 4) is 0 Å². The van der Waals surface area contributed by atoms with Crippen LogP contribution in [-0.4, -0.2) is 21.7 Å². The standard InChI is InChI=1S/C20H22N4O/c1-12-4-6-16-14(8-12)10-17(22-16)20(25)21-11-18-15-9-13(2)5-7-19(15)24(3)23-18/h4-9,17,22H,10-11H2,1-3H3,(H,21,25)/t17-/m0/s1. The Labute approximate surface area is 147 Å². The first-order valence-electron chi connectivity index (χ1n) is 8.57. The van der Waals surface area contributed by atoms with E-state index in [1.807, 2.05) is 17.8 Å². The third kappa shape index (κ3) is 2.86. The van der Waals surface area contributed by atoms with Crippen molar-refractivity contribution in [2.45, 2.75) is 32.9 Å². The predicted octanol–water partition coefficient (Wildman–Crippen LogP) is 2.84. The van der Waals surface area contributed by atoms with Gasteiger partial charge in [-0.1, -0.05) is 29.3 Å². The van der Waals surface area contributed by atoms with Gasteiger partial charge in [0.25, 0.3) is 0 Å². The van der Waals surface area contributed by atoms with E-state index in [9.17, 15) is 4.79 Å². The zero-order valence-corrected chi connectivity index (χ0v) is 14.8. The second-order valence-corrected chi connectivity index (χ2v) is 6.87. The SMILES string of the molecule is Cc1ccc2c(c1)C[C@@H](C(=O)NCc1nn(C)c3ccc(C)cc13)N2. The van der Waals surface area contributed by atoms with Crippen molar-refractivity contribution < 1.29 is 4.79 Å². The maximum Gasteiger partial charge on any atom is 0.243 e. The number of nitrogens with one attached hydrogen (secondary N) is 2. The summed E-state index contributed by atoms with van der Waals surface area (Å²) in [4.78, 5) is 12.6. The summed E-state index contributed by atoms with van der Waals surface area (Å²) >= 11 is 0. The van der Waals surface area contributed by atoms with E-state index in [0.29, 0.717) is 6.54 Å². The van der Waals surface area contributed by atoms with E-state index in [2.05, 4.69) is 59.9 Å². The predicted molar refractivity (Wildman–Crippen MR) is 99.6 cm³/mol. The third-order valence-corrected chi connectivity index (χ3v) is 4.84. The van der Waals surface area contributed by atoms with Gasteiger partial charge in [-0.15, -0.1) is 0 Å². The second-order valence-electron chi connectivity index (χ2n) is 6.87. The summed E-state index contributed by atoms with van der Waals surface area (Å²) in [5.41, 5.74) is 6.66. The Morgan fingerprint density at radius 1 is 1.24 bits per heavy atom. The van der Waals surface area contributed by atoms with Crippen molar-refractivity contribution in [2.24, 2.45) is 7.05 Å². The number of benzene rings is 2. The number of anilines is 1. The Kier molecular flexibility index (Phi) is 3.71. The minimum atomic E-state index is -0.214. The Morgan fingerprint density at radius 3 is 2.84 bits per heavy atom. The van der Waals surface area contributed by atoms with Gasteiger partial charge < -0.3 is 10.6 Å². The number of hydrogen-bond donors (Lipinski definition) is 2. The molecule has 0 saturated carbocycles. The van der Waals surface area contributed by atoms with E-state index in [1.54, 1.807) is 0 Å². The van der Waals surface area contributed by atoms with Crippen molar-refractivity contribution >= 4 is 22.5 Å². The Bertz CT molecular complexity index is 973. The summed E-state index contributed by atoms with van der Waals surface area (Å²) in [6.07, 6.45) is 0.727. The van der Waals surface area contributed by atoms with Gasteiger partial charge in [-0.25, -0.2) is 0 Å². The number of rotatable bonds is 3. The summed E-state index contributed by atoms with van der Waals surface area (Å²) in [5, 5.41) is 12.0. The van der Waals surface area contributed by atoms with Crippen molar-refractivity contribution in [2.75, 3.05) is 5.32 Å². The lowest BCUT2D eigenvalue weighted by Crippen LogP contribution is -2.38. The average molecular weight is 334 g/mol. The summed E-state index contributed by atoms with van der Waals surface area (Å²) in [7, 11) is 1.93. The first kappa shape index (κ1) is 15.7. The van der Waals surface area contributed by atoms with Gasteiger partial charge in [-0.05, 0) is 37.6 Å². The molecule has 0 unspecified atom stereocenters. The number of nitrogens with zero attached hydrogens (tertiary/aromatic N) is 2. The van der Waals surface area contributed by atoms with Gasteiger partial charge in [0.2, 0.25) is 5.91 Å². The fraction of sp³-hybridized carbons (Fsp3) is 0.300. The number of carbonyl (C=O) groups excluding carboxylic acids is 1. The van der Waals surface area contributed by atoms with Crippen LogP contribution in [0.15, 0.2) is 36.4 Å². The molecule has 1 aliphatic rings. The van der Waals surface area contributed by atoms with Gasteiger partial charge in [-0.3, -0.25) is 9.48 Å². The highest BCUT2D eigenvalue weighted by molar-refractivity contribution is 5.88. The second kappa shape index (κ2) is 5.92. The molecule has 25 heavy (non-hydrogen) atoms. The van der Waals surface area contributed by atoms with Crippen molar-refractivity contribution in [3.05, 3.63) is 58.8 Å². The maximum absolute atomic E-state index is 12.6. The zero-order valence-electron chi connectivity index (χ0n) is 14.8. The van der Waals surface area contributed by atoms with Crippen LogP contribution < -0.4 is 10.6 Å². The molecule has 2 aromatic carbocycles. The first-order chi connectivity index (χ1) is 12.0. The van der Waals surface area contributed by atoms with Gasteiger partial charge in [0.1, 0.15) is 6.04 Å². The lowest BCUT2D eigenvalue weighted by molar-refractivity contribution is -0.121. The van der Waals surface area contributed by atoms with Crippen LogP contribution in [0, 0.1) is 13.8 Å². The molecule has 2 heterocycles. The van der Waals surface area contributed by atoms with Crippen LogP contribution in [0.1, 0.15) is 22.4 Å². The van der Waals surface area contributed by atoms with Crippen molar-refractivity contribution in [1.29, 1.82) is 0 Å². The lowest BCUT2D eigenvalue weighted by Gasteiger charge is -2.11. The highest BCUT2D eigenvalue weighted by Gasteiger charge is 2.26. The number of aryl methyl sites for hydroxylation is 3. The number of amides is 1. The number of fused-ring (bicyclic) bond motifs is 2. The molecule has 5 heteroatoms. The van der Waals surface area contributed by atoms with E-state index in [4.69, 9.17) is 0 Å². The molecule has 1 amide bonds. The Morgan fingerprint density at radius 2 is 2.00 bits per heavy atom. The summed E-state index contributed by atoms with van der Waals surface area (Å²) in [5.74, 6) is 0.0142. The van der Waals surface area contributed by atoms with Crippen LogP contribution in [0.5, 0.6) is 0 Å². The third-order valence-electron chi connectivity index (χ3n) is 4.84. The van der Waals surface area contributed by atoms with Crippen LogP contribution in [0.2, 0.25) is 0 Å². The first-order valence-corrected chi connectivity index (χ1v) is 8.57. The topological polar surface area (TPSA) is 59.0 Å². The molecule has 0 saturated heterocycles. The molecule has 4 rings (SSSR count). The smallest absolute Gasteiger partial charge is 0.243 e. The van der Waals surface area contributed by atoms with E-state index >= 15 is 0 Å². The number of carbonyl (C=O) groups is 1. The van der Waals surface area contributed by atoms with E-state index in [1.165, 1.54) is 16.7 Å². The molecular weight excluding hydrogens is 312 g/mol. The van der Waals surface area contributed by atoms with Gasteiger partial charge in [0.15, 0.2) is 0 Å². The molecule has 0 aliphatic carbocycles. The van der Waals surface area contributed by atoms with E-state index in [0.717, 1.165) is 28.7 Å². The molecule has 0 bridgehead atoms. The largest absolute Gasteiger partial charge is 0.373 e. The molecule has 0 fully saturated rings. The fourth-order valence-electron chi connectivity index (χ4n) is 3.53. The molecule has 0 radical (unpaired) electrons. The Balaban J connectivity index is 1.47. The minimum absolute atomic E-state index is 0.0142. The quantitative estimate of drug-likeness (QED) is 0.774. The molecule has 1 aliphatic heterocycles. The van der Waals surface area contributed by atoms with Crippen LogP contribution in [0.4, 0.5) is 5.69 Å². The van der Waals surface area contributed by atoms with Crippen LogP contribution in [0.3, 0.4) is 0 Å². The average Bonchev–Trinajstić information content (AvgIpc) is 3.13. The molecule has 128 valence electrons. The highest BCUT2D eigenvalue weighted by atomic mass is 16.2. The molecule has 2 N–H and O–H groups in total. The highest BCUT2D eigenvalue weighted by Crippen LogP contribution is 2.27. The molecule has 3 aromatic rings. The van der Waals surface area contributed by atoms with Crippen LogP contribution >= 0.6 is 0 Å². The van der Waals surface area contributed by atoms with Crippen LogP contribution in [0.25, 0.3) is 10.9 Å². The van der Waals surface area contributed by atoms with Crippen LogP contribution in [-0.2, 0) is 24.8 Å². The molecule has 0 spiro atoms. The summed E-state index contributed by atoms with van der Waals surface area (Å²) in [6.45, 7) is 4.57. The maximum atomic E-state index is 12.6. The Hall–Kier alpha value is -2.82. The number of aromatic nitrogens is 2. The summed E-state index contributed by atoms with van der Waals surface area (Å²) < 4.78 is 1.86. The summed E-state index contributed by atoms with van der Waals surface area (Å²) in [6, 6.07) is 12.3. The molecule has 1 aromatic heterocycles.